The second-order valence-corrected chi connectivity index (χ2v) is 2.39. The molecule has 0 spiro atoms. The van der Waals surface area contributed by atoms with Crippen molar-refractivity contribution in [3.8, 4) is 0 Å². The summed E-state index contributed by atoms with van der Waals surface area (Å²) in [7, 11) is 1.53. The molecule has 4 heteroatoms. The molecule has 1 aliphatic heterocycles. The number of ether oxygens (including phenoxy) is 2. The van der Waals surface area contributed by atoms with Crippen LogP contribution in [0.15, 0.2) is 0 Å². The Balaban J connectivity index is 2.31. The van der Waals surface area contributed by atoms with Gasteiger partial charge in [0, 0.05) is 13.5 Å². The van der Waals surface area contributed by atoms with Gasteiger partial charge in [0.2, 0.25) is 0 Å². The number of hydrogen-bond acceptors (Lipinski definition) is 4. The smallest absolute Gasteiger partial charge is 0.157 e. The van der Waals surface area contributed by atoms with E-state index in [1.165, 1.54) is 7.11 Å². The van der Waals surface area contributed by atoms with Crippen LogP contribution in [0.3, 0.4) is 0 Å². The van der Waals surface area contributed by atoms with Crippen LogP contribution in [0.25, 0.3) is 0 Å². The predicted octanol–water partition coefficient (Wildman–Crippen LogP) is -0.899. The van der Waals surface area contributed by atoms with Crippen LogP contribution in [-0.4, -0.2) is 42.4 Å². The molecule has 1 aliphatic rings. The van der Waals surface area contributed by atoms with E-state index >= 15 is 0 Å². The summed E-state index contributed by atoms with van der Waals surface area (Å²) in [6.07, 6.45) is -1.49. The van der Waals surface area contributed by atoms with E-state index in [1.54, 1.807) is 0 Å². The maximum absolute atomic E-state index is 9.13. The zero-order chi connectivity index (χ0) is 7.56. The first-order valence-electron chi connectivity index (χ1n) is 3.24. The molecule has 1 heterocycles. The highest BCUT2D eigenvalue weighted by Gasteiger charge is 2.32. The first kappa shape index (κ1) is 7.94. The standard InChI is InChI=1S/C6H12O4/c1-9-3-5-4(7)2-6(8)10-5/h4-8H,2-3H2,1H3. The van der Waals surface area contributed by atoms with Crippen LogP contribution in [0.2, 0.25) is 0 Å². The zero-order valence-electron chi connectivity index (χ0n) is 5.86. The average molecular weight is 148 g/mol. The minimum atomic E-state index is -0.824. The number of hydrogen-bond donors (Lipinski definition) is 2. The predicted molar refractivity (Wildman–Crippen MR) is 33.4 cm³/mol. The van der Waals surface area contributed by atoms with Crippen molar-refractivity contribution in [2.45, 2.75) is 24.9 Å². The van der Waals surface area contributed by atoms with Crippen LogP contribution in [0.4, 0.5) is 0 Å². The summed E-state index contributed by atoms with van der Waals surface area (Å²) in [6, 6.07) is 0. The minimum Gasteiger partial charge on any atom is -0.390 e. The Morgan fingerprint density at radius 1 is 1.60 bits per heavy atom. The Bertz CT molecular complexity index is 106. The van der Waals surface area contributed by atoms with E-state index in [1.807, 2.05) is 0 Å². The molecule has 1 fully saturated rings. The first-order chi connectivity index (χ1) is 4.74. The fraction of sp³-hybridized carbons (Fsp3) is 1.00. The Morgan fingerprint density at radius 2 is 2.30 bits per heavy atom. The van der Waals surface area contributed by atoms with Crippen molar-refractivity contribution in [1.29, 1.82) is 0 Å². The molecule has 1 saturated heterocycles. The Labute approximate surface area is 59.4 Å². The van der Waals surface area contributed by atoms with Gasteiger partial charge in [-0.3, -0.25) is 0 Å². The largest absolute Gasteiger partial charge is 0.390 e. The van der Waals surface area contributed by atoms with E-state index in [0.29, 0.717) is 6.61 Å². The highest BCUT2D eigenvalue weighted by atomic mass is 16.6. The topological polar surface area (TPSA) is 58.9 Å². The van der Waals surface area contributed by atoms with Gasteiger partial charge in [-0.25, -0.2) is 0 Å². The van der Waals surface area contributed by atoms with Crippen molar-refractivity contribution in [2.75, 3.05) is 13.7 Å². The lowest BCUT2D eigenvalue weighted by atomic mass is 10.2. The van der Waals surface area contributed by atoms with E-state index in [2.05, 4.69) is 0 Å². The normalized spacial score (nSPS) is 40.5. The van der Waals surface area contributed by atoms with Crippen LogP contribution in [0, 0.1) is 0 Å². The van der Waals surface area contributed by atoms with Crippen molar-refractivity contribution in [3.63, 3.8) is 0 Å². The molecule has 0 aliphatic carbocycles. The lowest BCUT2D eigenvalue weighted by Gasteiger charge is -2.11. The third-order valence-electron chi connectivity index (χ3n) is 1.54. The van der Waals surface area contributed by atoms with Crippen molar-refractivity contribution in [1.82, 2.24) is 0 Å². The lowest BCUT2D eigenvalue weighted by molar-refractivity contribution is -0.111. The maximum Gasteiger partial charge on any atom is 0.157 e. The quantitative estimate of drug-likeness (QED) is 0.533. The summed E-state index contributed by atoms with van der Waals surface area (Å²) < 4.78 is 9.64. The van der Waals surface area contributed by atoms with Gasteiger partial charge in [0.25, 0.3) is 0 Å². The minimum absolute atomic E-state index is 0.286. The number of aliphatic hydroxyl groups is 2. The molecule has 0 saturated carbocycles. The van der Waals surface area contributed by atoms with Gasteiger partial charge in [-0.2, -0.15) is 0 Å². The fourth-order valence-corrected chi connectivity index (χ4v) is 1.02. The van der Waals surface area contributed by atoms with Gasteiger partial charge in [0.1, 0.15) is 6.10 Å². The van der Waals surface area contributed by atoms with Crippen LogP contribution in [0.5, 0.6) is 0 Å². The van der Waals surface area contributed by atoms with E-state index < -0.39 is 12.4 Å². The molecular formula is C6H12O4. The van der Waals surface area contributed by atoms with Crippen molar-refractivity contribution in [2.24, 2.45) is 0 Å². The number of rotatable bonds is 2. The summed E-state index contributed by atoms with van der Waals surface area (Å²) in [4.78, 5) is 0. The monoisotopic (exact) mass is 148 g/mol. The van der Waals surface area contributed by atoms with E-state index in [-0.39, 0.29) is 12.5 Å². The van der Waals surface area contributed by atoms with Gasteiger partial charge in [-0.05, 0) is 0 Å². The molecule has 4 nitrogen and oxygen atoms in total. The third kappa shape index (κ3) is 1.67. The molecule has 3 unspecified atom stereocenters. The van der Waals surface area contributed by atoms with E-state index in [4.69, 9.17) is 19.7 Å². The molecule has 60 valence electrons. The van der Waals surface area contributed by atoms with Crippen molar-refractivity contribution in [3.05, 3.63) is 0 Å². The van der Waals surface area contributed by atoms with Crippen molar-refractivity contribution < 1.29 is 19.7 Å². The molecule has 1 rings (SSSR count). The highest BCUT2D eigenvalue weighted by Crippen LogP contribution is 2.18. The maximum atomic E-state index is 9.13. The van der Waals surface area contributed by atoms with Crippen LogP contribution < -0.4 is 0 Å². The molecule has 3 atom stereocenters. The number of aliphatic hydroxyl groups excluding tert-OH is 2. The van der Waals surface area contributed by atoms with Gasteiger partial charge in [-0.1, -0.05) is 0 Å². The third-order valence-corrected chi connectivity index (χ3v) is 1.54. The molecule has 0 radical (unpaired) electrons. The van der Waals surface area contributed by atoms with E-state index in [9.17, 15) is 0 Å². The molecular weight excluding hydrogens is 136 g/mol. The first-order valence-corrected chi connectivity index (χ1v) is 3.24. The lowest BCUT2D eigenvalue weighted by Crippen LogP contribution is -2.25. The van der Waals surface area contributed by atoms with Gasteiger partial charge in [-0.15, -0.1) is 0 Å². The van der Waals surface area contributed by atoms with Gasteiger partial charge >= 0.3 is 0 Å². The zero-order valence-corrected chi connectivity index (χ0v) is 5.86. The van der Waals surface area contributed by atoms with Crippen molar-refractivity contribution >= 4 is 0 Å². The molecule has 10 heavy (non-hydrogen) atoms. The van der Waals surface area contributed by atoms with Crippen LogP contribution in [-0.2, 0) is 9.47 Å². The second-order valence-electron chi connectivity index (χ2n) is 2.39. The summed E-state index contributed by atoms with van der Waals surface area (Å²) >= 11 is 0. The fourth-order valence-electron chi connectivity index (χ4n) is 1.02. The Morgan fingerprint density at radius 3 is 2.70 bits per heavy atom. The van der Waals surface area contributed by atoms with Gasteiger partial charge in [0.15, 0.2) is 6.29 Å². The van der Waals surface area contributed by atoms with Gasteiger partial charge < -0.3 is 19.7 Å². The Kier molecular flexibility index (Phi) is 2.62. The van der Waals surface area contributed by atoms with Gasteiger partial charge in [0.05, 0.1) is 12.7 Å². The molecule has 0 aromatic carbocycles. The van der Waals surface area contributed by atoms with E-state index in [0.717, 1.165) is 0 Å². The second kappa shape index (κ2) is 3.30. The molecule has 2 N–H and O–H groups in total. The average Bonchev–Trinajstić information content (AvgIpc) is 2.13. The summed E-state index contributed by atoms with van der Waals surface area (Å²) in [5, 5.41) is 18.0. The molecule has 0 amide bonds. The van der Waals surface area contributed by atoms with Crippen LogP contribution in [0.1, 0.15) is 6.42 Å². The van der Waals surface area contributed by atoms with Crippen LogP contribution >= 0.6 is 0 Å². The highest BCUT2D eigenvalue weighted by molar-refractivity contribution is 4.76. The summed E-state index contributed by atoms with van der Waals surface area (Å²) in [5.74, 6) is 0. The molecule has 0 bridgehead atoms. The summed E-state index contributed by atoms with van der Waals surface area (Å²) in [5.41, 5.74) is 0. The molecule has 0 aromatic heterocycles. The SMILES string of the molecule is COCC1OC(O)CC1O. The Hall–Kier alpha value is -0.160. The number of methoxy groups -OCH3 is 1. The molecule has 0 aromatic rings. The summed E-state index contributed by atoms with van der Waals surface area (Å²) in [6.45, 7) is 0.332.